The number of aromatic nitrogens is 2. The largest absolute Gasteiger partial charge is 0.616 e. The number of rotatable bonds is 8. The number of aryl methyl sites for hydroxylation is 1. The molecular weight excluding hydrogens is 401 g/mol. The maximum atomic E-state index is 15.3. The van der Waals surface area contributed by atoms with Crippen LogP contribution in [-0.4, -0.2) is 38.7 Å². The van der Waals surface area contributed by atoms with Gasteiger partial charge in [-0.1, -0.05) is 25.6 Å². The van der Waals surface area contributed by atoms with E-state index in [0.29, 0.717) is 17.9 Å². The van der Waals surface area contributed by atoms with Crippen molar-refractivity contribution in [3.63, 3.8) is 0 Å². The van der Waals surface area contributed by atoms with Gasteiger partial charge in [0.1, 0.15) is 17.6 Å². The molecule has 2 aromatic rings. The normalized spacial score (nSPS) is 12.2. The second-order valence-electron chi connectivity index (χ2n) is 6.42. The fourth-order valence-corrected chi connectivity index (χ4v) is 4.88. The third-order valence-corrected chi connectivity index (χ3v) is 6.91. The Labute approximate surface area is 170 Å². The van der Waals surface area contributed by atoms with Crippen LogP contribution in [0.5, 0.6) is 0 Å². The predicted molar refractivity (Wildman–Crippen MR) is 109 cm³/mol. The Morgan fingerprint density at radius 3 is 2.75 bits per heavy atom. The lowest BCUT2D eigenvalue weighted by Crippen LogP contribution is -2.16. The maximum absolute atomic E-state index is 15.3. The van der Waals surface area contributed by atoms with Crippen molar-refractivity contribution >= 4 is 22.9 Å². The van der Waals surface area contributed by atoms with Gasteiger partial charge in [-0.25, -0.2) is 9.37 Å². The van der Waals surface area contributed by atoms with Crippen LogP contribution in [0.15, 0.2) is 28.2 Å². The van der Waals surface area contributed by atoms with Crippen molar-refractivity contribution in [1.29, 1.82) is 5.26 Å². The van der Waals surface area contributed by atoms with Crippen molar-refractivity contribution in [3.05, 3.63) is 45.8 Å². The van der Waals surface area contributed by atoms with Crippen LogP contribution in [0.25, 0.3) is 11.3 Å². The van der Waals surface area contributed by atoms with Crippen molar-refractivity contribution in [1.82, 2.24) is 9.55 Å². The minimum atomic E-state index is -1.22. The van der Waals surface area contributed by atoms with Gasteiger partial charge >= 0.3 is 0 Å². The fraction of sp³-hybridized carbons (Fsp3) is 0.421. The Bertz CT molecular complexity index is 941. The van der Waals surface area contributed by atoms with Gasteiger partial charge in [-0.15, -0.1) is 0 Å². The minimum absolute atomic E-state index is 0.0427. The van der Waals surface area contributed by atoms with E-state index in [1.54, 1.807) is 13.1 Å². The van der Waals surface area contributed by atoms with E-state index in [2.05, 4.69) is 11.1 Å². The maximum Gasteiger partial charge on any atom is 0.253 e. The molecule has 0 saturated carbocycles. The molecule has 6 nitrogen and oxygen atoms in total. The average molecular weight is 424 g/mol. The zero-order valence-corrected chi connectivity index (χ0v) is 17.8. The van der Waals surface area contributed by atoms with Crippen LogP contribution < -0.4 is 5.56 Å². The number of hydrogen-bond donors (Lipinski definition) is 0. The molecule has 1 aromatic carbocycles. The Balaban J connectivity index is 2.55. The first-order chi connectivity index (χ1) is 13.3. The fourth-order valence-electron chi connectivity index (χ4n) is 2.52. The van der Waals surface area contributed by atoms with Crippen molar-refractivity contribution in [2.24, 2.45) is 7.05 Å². The number of benzene rings is 1. The van der Waals surface area contributed by atoms with E-state index in [1.165, 1.54) is 24.1 Å². The summed E-state index contributed by atoms with van der Waals surface area (Å²) in [5.41, 5.74) is 0.940. The molecule has 9 heteroatoms. The lowest BCUT2D eigenvalue weighted by molar-refractivity contribution is 0.217. The van der Waals surface area contributed by atoms with Gasteiger partial charge in [-0.2, -0.15) is 5.26 Å². The van der Waals surface area contributed by atoms with E-state index < -0.39 is 17.0 Å². The van der Waals surface area contributed by atoms with Gasteiger partial charge in [-0.05, 0) is 28.7 Å². The van der Waals surface area contributed by atoms with Crippen LogP contribution in [0.1, 0.15) is 30.9 Å². The van der Waals surface area contributed by atoms with Gasteiger partial charge in [0, 0.05) is 25.8 Å². The van der Waals surface area contributed by atoms with Gasteiger partial charge in [0.2, 0.25) is 0 Å². The monoisotopic (exact) mass is 423 g/mol. The molecule has 0 bridgehead atoms. The standard InChI is InChI=1S/C19H22FN3O3S2/c1-12(2)13-7-14(16-8-17(24)23(3)10-22-16)18(20)19(15(13)9-21)27-11-28(25)6-5-26-4/h7-8,10,12H,5-6,11H2,1-4H3. The van der Waals surface area contributed by atoms with Gasteiger partial charge in [0.25, 0.3) is 5.56 Å². The van der Waals surface area contributed by atoms with E-state index >= 15 is 4.39 Å². The molecule has 0 aliphatic heterocycles. The third-order valence-electron chi connectivity index (χ3n) is 4.09. The van der Waals surface area contributed by atoms with Crippen molar-refractivity contribution < 1.29 is 13.7 Å². The van der Waals surface area contributed by atoms with Crippen LogP contribution in [0.3, 0.4) is 0 Å². The molecule has 0 saturated heterocycles. The number of nitriles is 1. The summed E-state index contributed by atoms with van der Waals surface area (Å²) in [4.78, 5) is 16.3. The van der Waals surface area contributed by atoms with Crippen LogP contribution in [0, 0.1) is 17.1 Å². The second-order valence-corrected chi connectivity index (χ2v) is 9.35. The van der Waals surface area contributed by atoms with Crippen LogP contribution in [-0.2, 0) is 23.0 Å². The number of methoxy groups -OCH3 is 1. The molecule has 0 radical (unpaired) electrons. The first kappa shape index (κ1) is 22.4. The number of ether oxygens (including phenoxy) is 1. The highest BCUT2D eigenvalue weighted by atomic mass is 32.3. The molecule has 1 heterocycles. The Morgan fingerprint density at radius 1 is 1.46 bits per heavy atom. The number of thioether (sulfide) groups is 1. The van der Waals surface area contributed by atoms with Gasteiger partial charge in [0.15, 0.2) is 5.08 Å². The summed E-state index contributed by atoms with van der Waals surface area (Å²) in [5.74, 6) is -0.339. The molecule has 0 N–H and O–H groups in total. The summed E-state index contributed by atoms with van der Waals surface area (Å²) in [6.07, 6.45) is 1.33. The number of halogens is 1. The van der Waals surface area contributed by atoms with E-state index in [9.17, 15) is 14.6 Å². The molecule has 1 aromatic heterocycles. The zero-order valence-electron chi connectivity index (χ0n) is 16.2. The van der Waals surface area contributed by atoms with Crippen LogP contribution in [0.4, 0.5) is 4.39 Å². The third kappa shape index (κ3) is 5.14. The van der Waals surface area contributed by atoms with Gasteiger partial charge in [0.05, 0.1) is 29.1 Å². The first-order valence-electron chi connectivity index (χ1n) is 8.56. The quantitative estimate of drug-likeness (QED) is 0.479. The smallest absolute Gasteiger partial charge is 0.253 e. The molecule has 0 fully saturated rings. The van der Waals surface area contributed by atoms with Crippen molar-refractivity contribution in [2.75, 3.05) is 24.6 Å². The molecular formula is C19H22FN3O3S2. The molecule has 0 amide bonds. The lowest BCUT2D eigenvalue weighted by Gasteiger charge is -2.17. The van der Waals surface area contributed by atoms with Crippen LogP contribution in [0.2, 0.25) is 0 Å². The molecule has 1 atom stereocenters. The summed E-state index contributed by atoms with van der Waals surface area (Å²) >= 11 is -0.181. The van der Waals surface area contributed by atoms with E-state index in [4.69, 9.17) is 4.74 Å². The molecule has 0 spiro atoms. The SMILES string of the molecule is COCC[S+]([O-])CSc1c(F)c(-c2cc(=O)n(C)cn2)cc(C(C)C)c1C#N. The summed E-state index contributed by atoms with van der Waals surface area (Å²) in [7, 11) is 3.08. The Kier molecular flexibility index (Phi) is 8.07. The molecule has 0 aliphatic carbocycles. The molecule has 1 unspecified atom stereocenters. The zero-order chi connectivity index (χ0) is 20.8. The first-order valence-corrected chi connectivity index (χ1v) is 11.0. The Hall–Kier alpha value is -1.86. The highest BCUT2D eigenvalue weighted by Gasteiger charge is 2.23. The number of nitrogens with zero attached hydrogens (tertiary/aromatic N) is 3. The predicted octanol–water partition coefficient (Wildman–Crippen LogP) is 3.03. The highest BCUT2D eigenvalue weighted by Crippen LogP contribution is 2.37. The second kappa shape index (κ2) is 10.1. The van der Waals surface area contributed by atoms with Gasteiger partial charge < -0.3 is 13.9 Å². The Morgan fingerprint density at radius 2 is 2.18 bits per heavy atom. The molecule has 28 heavy (non-hydrogen) atoms. The van der Waals surface area contributed by atoms with E-state index in [0.717, 1.165) is 11.8 Å². The average Bonchev–Trinajstić information content (AvgIpc) is 2.66. The molecule has 2 rings (SSSR count). The van der Waals surface area contributed by atoms with Crippen molar-refractivity contribution in [3.8, 4) is 17.3 Å². The lowest BCUT2D eigenvalue weighted by atomic mass is 9.94. The number of hydrogen-bond acceptors (Lipinski definition) is 6. The highest BCUT2D eigenvalue weighted by molar-refractivity contribution is 8.12. The van der Waals surface area contributed by atoms with E-state index in [-0.39, 0.29) is 38.3 Å². The summed E-state index contributed by atoms with van der Waals surface area (Å²) in [6.45, 7) is 4.15. The summed E-state index contributed by atoms with van der Waals surface area (Å²) in [6, 6.07) is 4.92. The summed E-state index contributed by atoms with van der Waals surface area (Å²) < 4.78 is 33.6. The van der Waals surface area contributed by atoms with E-state index in [1.807, 2.05) is 13.8 Å². The molecule has 150 valence electrons. The molecule has 0 aliphatic rings. The summed E-state index contributed by atoms with van der Waals surface area (Å²) in [5, 5.41) is 9.77. The topological polar surface area (TPSA) is 91.0 Å². The van der Waals surface area contributed by atoms with Crippen molar-refractivity contribution in [2.45, 2.75) is 24.7 Å². The minimum Gasteiger partial charge on any atom is -0.616 e. The van der Waals surface area contributed by atoms with Crippen LogP contribution >= 0.6 is 11.8 Å². The van der Waals surface area contributed by atoms with Gasteiger partial charge in [-0.3, -0.25) is 4.79 Å².